The fourth-order valence-electron chi connectivity index (χ4n) is 4.71. The van der Waals surface area contributed by atoms with Crippen LogP contribution in [-0.4, -0.2) is 27.7 Å². The van der Waals surface area contributed by atoms with Crippen LogP contribution in [-0.2, 0) is 9.59 Å². The van der Waals surface area contributed by atoms with Gasteiger partial charge in [0, 0.05) is 29.8 Å². The average Bonchev–Trinajstić information content (AvgIpc) is 3.10. The number of fused-ring (bicyclic) bond motifs is 1. The molecule has 6 heteroatoms. The summed E-state index contributed by atoms with van der Waals surface area (Å²) in [6.45, 7) is 0. The van der Waals surface area contributed by atoms with E-state index in [2.05, 4.69) is 10.4 Å². The van der Waals surface area contributed by atoms with E-state index >= 15 is 0 Å². The van der Waals surface area contributed by atoms with Gasteiger partial charge in [0.1, 0.15) is 0 Å². The first kappa shape index (κ1) is 19.9. The second-order valence-corrected chi connectivity index (χ2v) is 8.00. The summed E-state index contributed by atoms with van der Waals surface area (Å²) >= 11 is 0. The summed E-state index contributed by atoms with van der Waals surface area (Å²) in [6.07, 6.45) is 7.02. The monoisotopic (exact) mass is 423 g/mol. The third-order valence-corrected chi connectivity index (χ3v) is 6.22. The van der Waals surface area contributed by atoms with Crippen molar-refractivity contribution in [1.29, 1.82) is 0 Å². The van der Waals surface area contributed by atoms with E-state index in [1.54, 1.807) is 0 Å². The molecule has 0 bridgehead atoms. The number of pyridine rings is 1. The van der Waals surface area contributed by atoms with Gasteiger partial charge in [-0.3, -0.25) is 24.8 Å². The minimum atomic E-state index is -0.599. The van der Waals surface area contributed by atoms with E-state index in [1.165, 1.54) is 24.5 Å². The molecule has 0 spiro atoms. The summed E-state index contributed by atoms with van der Waals surface area (Å²) in [5.74, 6) is -2.99. The number of hydrogen-bond donors (Lipinski definition) is 1. The lowest BCUT2D eigenvalue weighted by molar-refractivity contribution is -0.142. The van der Waals surface area contributed by atoms with Crippen LogP contribution < -0.4 is 5.43 Å². The van der Waals surface area contributed by atoms with Crippen LogP contribution in [0.3, 0.4) is 0 Å². The van der Waals surface area contributed by atoms with Crippen LogP contribution in [0.5, 0.6) is 0 Å². The van der Waals surface area contributed by atoms with Crippen molar-refractivity contribution in [1.82, 2.24) is 15.4 Å². The highest BCUT2D eigenvalue weighted by Crippen LogP contribution is 2.48. The number of imide groups is 1. The van der Waals surface area contributed by atoms with Crippen molar-refractivity contribution in [3.63, 3.8) is 0 Å². The van der Waals surface area contributed by atoms with E-state index in [9.17, 15) is 14.4 Å². The molecule has 4 atom stereocenters. The molecule has 0 radical (unpaired) electrons. The fraction of sp³-hybridized carbons (Fsp3) is 0.154. The molecular weight excluding hydrogens is 402 g/mol. The maximum atomic E-state index is 13.5. The third-order valence-electron chi connectivity index (χ3n) is 6.22. The van der Waals surface area contributed by atoms with Crippen LogP contribution in [0.25, 0.3) is 0 Å². The summed E-state index contributed by atoms with van der Waals surface area (Å²) in [4.78, 5) is 43.6. The standard InChI is InChI=1S/C26H21N3O3/c30-24(19-13-15-27-16-14-19)28-29-25(31)22-20(17-7-3-1-4-8-17)11-12-21(23(22)26(29)32)18-9-5-2-6-10-18/h1-16,20-23H,(H,28,30)/t20-,21-,22+,23+/m0/s1. The van der Waals surface area contributed by atoms with Gasteiger partial charge in [0.15, 0.2) is 0 Å². The summed E-state index contributed by atoms with van der Waals surface area (Å²) in [5.41, 5.74) is 4.79. The van der Waals surface area contributed by atoms with E-state index < -0.39 is 17.7 Å². The van der Waals surface area contributed by atoms with Gasteiger partial charge in [-0.05, 0) is 23.3 Å². The Morgan fingerprint density at radius 3 is 1.66 bits per heavy atom. The zero-order valence-corrected chi connectivity index (χ0v) is 17.2. The number of nitrogens with zero attached hydrogens (tertiary/aromatic N) is 2. The van der Waals surface area contributed by atoms with Crippen LogP contribution >= 0.6 is 0 Å². The SMILES string of the molecule is O=C(NN1C(=O)[C@H]2[C@H](C1=O)[C@H](c1ccccc1)C=C[C@H]2c1ccccc1)c1ccncc1. The number of amides is 3. The molecular formula is C26H21N3O3. The first-order valence-corrected chi connectivity index (χ1v) is 10.5. The number of allylic oxidation sites excluding steroid dienone is 2. The van der Waals surface area contributed by atoms with Gasteiger partial charge in [0.25, 0.3) is 17.7 Å². The molecule has 0 saturated carbocycles. The number of benzene rings is 2. The Kier molecular flexibility index (Phi) is 5.11. The Labute approximate surface area is 185 Å². The zero-order valence-electron chi connectivity index (χ0n) is 17.2. The number of hydrogen-bond acceptors (Lipinski definition) is 4. The number of rotatable bonds is 4. The minimum absolute atomic E-state index is 0.250. The normalized spacial score (nSPS) is 24.3. The van der Waals surface area contributed by atoms with Crippen molar-refractivity contribution in [2.45, 2.75) is 11.8 Å². The number of carbonyl (C=O) groups excluding carboxylic acids is 3. The van der Waals surface area contributed by atoms with E-state index in [4.69, 9.17) is 0 Å². The van der Waals surface area contributed by atoms with Crippen LogP contribution in [0.4, 0.5) is 0 Å². The number of nitrogens with one attached hydrogen (secondary N) is 1. The lowest BCUT2D eigenvalue weighted by Crippen LogP contribution is -2.46. The van der Waals surface area contributed by atoms with Gasteiger partial charge < -0.3 is 0 Å². The smallest absolute Gasteiger partial charge is 0.270 e. The van der Waals surface area contributed by atoms with Gasteiger partial charge in [0.2, 0.25) is 0 Å². The number of carbonyl (C=O) groups is 3. The molecule has 1 N–H and O–H groups in total. The van der Waals surface area contributed by atoms with Crippen molar-refractivity contribution in [2.24, 2.45) is 11.8 Å². The van der Waals surface area contributed by atoms with E-state index in [-0.39, 0.29) is 23.7 Å². The van der Waals surface area contributed by atoms with Crippen LogP contribution in [0.15, 0.2) is 97.3 Å². The molecule has 2 heterocycles. The second-order valence-electron chi connectivity index (χ2n) is 8.00. The zero-order chi connectivity index (χ0) is 22.1. The quantitative estimate of drug-likeness (QED) is 0.515. The Morgan fingerprint density at radius 1 is 0.719 bits per heavy atom. The van der Waals surface area contributed by atoms with Gasteiger partial charge in [-0.25, -0.2) is 0 Å². The highest BCUT2D eigenvalue weighted by Gasteiger charge is 2.55. The lowest BCUT2D eigenvalue weighted by Gasteiger charge is -2.32. The van der Waals surface area contributed by atoms with Crippen LogP contribution in [0.2, 0.25) is 0 Å². The van der Waals surface area contributed by atoms with E-state index in [0.717, 1.165) is 16.1 Å². The number of aromatic nitrogens is 1. The minimum Gasteiger partial charge on any atom is -0.272 e. The Morgan fingerprint density at radius 2 is 1.19 bits per heavy atom. The van der Waals surface area contributed by atoms with Crippen molar-refractivity contribution in [3.8, 4) is 0 Å². The summed E-state index contributed by atoms with van der Waals surface area (Å²) in [6, 6.07) is 22.5. The van der Waals surface area contributed by atoms with Crippen molar-refractivity contribution < 1.29 is 14.4 Å². The first-order chi connectivity index (χ1) is 15.6. The fourth-order valence-corrected chi connectivity index (χ4v) is 4.71. The van der Waals surface area contributed by atoms with E-state index in [1.807, 2.05) is 72.8 Å². The lowest BCUT2D eigenvalue weighted by atomic mass is 9.68. The molecule has 1 fully saturated rings. The molecule has 2 aromatic carbocycles. The highest BCUT2D eigenvalue weighted by atomic mass is 16.2. The molecule has 0 unspecified atom stereocenters. The molecule has 1 aromatic heterocycles. The molecule has 6 nitrogen and oxygen atoms in total. The predicted octanol–water partition coefficient (Wildman–Crippen LogP) is 3.47. The van der Waals surface area contributed by atoms with Gasteiger partial charge in [-0.15, -0.1) is 0 Å². The van der Waals surface area contributed by atoms with Crippen LogP contribution in [0.1, 0.15) is 33.3 Å². The molecule has 2 aliphatic rings. The highest BCUT2D eigenvalue weighted by molar-refractivity contribution is 6.09. The largest absolute Gasteiger partial charge is 0.272 e. The van der Waals surface area contributed by atoms with Gasteiger partial charge >= 0.3 is 0 Å². The van der Waals surface area contributed by atoms with Gasteiger partial charge in [-0.2, -0.15) is 5.01 Å². The maximum Gasteiger partial charge on any atom is 0.270 e. The molecule has 158 valence electrons. The van der Waals surface area contributed by atoms with Gasteiger partial charge in [0.05, 0.1) is 11.8 Å². The first-order valence-electron chi connectivity index (χ1n) is 10.5. The molecule has 1 saturated heterocycles. The molecule has 32 heavy (non-hydrogen) atoms. The average molecular weight is 423 g/mol. The number of hydrazine groups is 1. The summed E-state index contributed by atoms with van der Waals surface area (Å²) < 4.78 is 0. The third kappa shape index (κ3) is 3.39. The van der Waals surface area contributed by atoms with Crippen molar-refractivity contribution in [2.75, 3.05) is 0 Å². The Balaban J connectivity index is 1.53. The summed E-state index contributed by atoms with van der Waals surface area (Å²) in [7, 11) is 0. The van der Waals surface area contributed by atoms with Crippen molar-refractivity contribution in [3.05, 3.63) is 114 Å². The van der Waals surface area contributed by atoms with Gasteiger partial charge in [-0.1, -0.05) is 72.8 Å². The van der Waals surface area contributed by atoms with Crippen molar-refractivity contribution >= 4 is 17.7 Å². The van der Waals surface area contributed by atoms with Crippen LogP contribution in [0, 0.1) is 11.8 Å². The molecule has 3 amide bonds. The predicted molar refractivity (Wildman–Crippen MR) is 118 cm³/mol. The maximum absolute atomic E-state index is 13.5. The second kappa shape index (κ2) is 8.23. The molecule has 1 aliphatic carbocycles. The van der Waals surface area contributed by atoms with E-state index in [0.29, 0.717) is 5.56 Å². The molecule has 5 rings (SSSR count). The summed E-state index contributed by atoms with van der Waals surface area (Å²) in [5, 5.41) is 0.914. The molecule has 3 aromatic rings. The Hall–Kier alpha value is -4.06. The Bertz CT molecular complexity index is 1110. The molecule has 1 aliphatic heterocycles. The topological polar surface area (TPSA) is 79.4 Å².